The summed E-state index contributed by atoms with van der Waals surface area (Å²) in [6.07, 6.45) is 4.10. The van der Waals surface area contributed by atoms with Crippen LogP contribution >= 0.6 is 0 Å². The van der Waals surface area contributed by atoms with Gasteiger partial charge in [0.2, 0.25) is 0 Å². The number of carbonyl (C=O) groups is 1. The molecule has 19 heavy (non-hydrogen) atoms. The number of fused-ring (bicyclic) bond motifs is 1. The molecule has 2 atom stereocenters. The van der Waals surface area contributed by atoms with Gasteiger partial charge in [-0.05, 0) is 31.9 Å². The molecule has 1 aliphatic heterocycles. The van der Waals surface area contributed by atoms with Crippen LogP contribution in [-0.2, 0) is 4.74 Å². The Morgan fingerprint density at radius 3 is 3.16 bits per heavy atom. The lowest BCUT2D eigenvalue weighted by Gasteiger charge is -2.20. The summed E-state index contributed by atoms with van der Waals surface area (Å²) in [5.41, 5.74) is 1.58. The normalized spacial score (nSPS) is 20.6. The second-order valence-corrected chi connectivity index (χ2v) is 5.06. The minimum Gasteiger partial charge on any atom is -0.376 e. The highest BCUT2D eigenvalue weighted by molar-refractivity contribution is 6.05. The molecule has 0 saturated carbocycles. The predicted octanol–water partition coefficient (Wildman–Crippen LogP) is 2.47. The van der Waals surface area contributed by atoms with Gasteiger partial charge in [-0.25, -0.2) is 0 Å². The summed E-state index contributed by atoms with van der Waals surface area (Å²) >= 11 is 0. The van der Waals surface area contributed by atoms with Gasteiger partial charge in [0.1, 0.15) is 0 Å². The zero-order chi connectivity index (χ0) is 13.2. The first-order valence-electron chi connectivity index (χ1n) is 6.74. The van der Waals surface area contributed by atoms with Gasteiger partial charge in [0.05, 0.1) is 23.2 Å². The Bertz CT molecular complexity index is 585. The number of amides is 1. The van der Waals surface area contributed by atoms with Gasteiger partial charge >= 0.3 is 0 Å². The number of aromatic amines is 1. The highest BCUT2D eigenvalue weighted by atomic mass is 16.5. The average molecular weight is 258 g/mol. The smallest absolute Gasteiger partial charge is 0.253 e. The van der Waals surface area contributed by atoms with Crippen molar-refractivity contribution in [1.29, 1.82) is 0 Å². The topological polar surface area (TPSA) is 54.1 Å². The second-order valence-electron chi connectivity index (χ2n) is 5.06. The fourth-order valence-electron chi connectivity index (χ4n) is 2.65. The Kier molecular flexibility index (Phi) is 3.25. The number of H-pyrrole nitrogens is 1. The van der Waals surface area contributed by atoms with E-state index < -0.39 is 0 Å². The third-order valence-corrected chi connectivity index (χ3v) is 3.71. The van der Waals surface area contributed by atoms with E-state index in [-0.39, 0.29) is 18.1 Å². The molecule has 2 N–H and O–H groups in total. The SMILES string of the molecule is CC(NC(=O)c1cccc2cc[nH]c12)C1CCCO1. The Hall–Kier alpha value is -1.81. The molecule has 1 saturated heterocycles. The van der Waals surface area contributed by atoms with Crippen molar-refractivity contribution in [2.75, 3.05) is 6.61 Å². The van der Waals surface area contributed by atoms with Gasteiger partial charge < -0.3 is 15.0 Å². The summed E-state index contributed by atoms with van der Waals surface area (Å²) in [6, 6.07) is 7.75. The molecule has 0 bridgehead atoms. The third-order valence-electron chi connectivity index (χ3n) is 3.71. The number of aromatic nitrogens is 1. The number of hydrogen-bond acceptors (Lipinski definition) is 2. The van der Waals surface area contributed by atoms with Crippen LogP contribution in [0.2, 0.25) is 0 Å². The number of nitrogens with one attached hydrogen (secondary N) is 2. The van der Waals surface area contributed by atoms with Gasteiger partial charge in [0.15, 0.2) is 0 Å². The van der Waals surface area contributed by atoms with Gasteiger partial charge in [-0.2, -0.15) is 0 Å². The van der Waals surface area contributed by atoms with E-state index in [0.717, 1.165) is 30.4 Å². The molecule has 2 unspecified atom stereocenters. The molecule has 1 fully saturated rings. The first kappa shape index (κ1) is 12.2. The number of para-hydroxylation sites is 1. The number of rotatable bonds is 3. The molecule has 2 aromatic rings. The first-order chi connectivity index (χ1) is 9.25. The summed E-state index contributed by atoms with van der Waals surface area (Å²) in [4.78, 5) is 15.5. The van der Waals surface area contributed by atoms with Crippen molar-refractivity contribution in [3.63, 3.8) is 0 Å². The van der Waals surface area contributed by atoms with E-state index in [9.17, 15) is 4.79 Å². The lowest BCUT2D eigenvalue weighted by Crippen LogP contribution is -2.40. The quantitative estimate of drug-likeness (QED) is 0.888. The summed E-state index contributed by atoms with van der Waals surface area (Å²) < 4.78 is 5.60. The van der Waals surface area contributed by atoms with Gasteiger partial charge in [-0.1, -0.05) is 12.1 Å². The van der Waals surface area contributed by atoms with E-state index in [1.54, 1.807) is 0 Å². The van der Waals surface area contributed by atoms with Crippen LogP contribution in [0.4, 0.5) is 0 Å². The summed E-state index contributed by atoms with van der Waals surface area (Å²) in [7, 11) is 0. The largest absolute Gasteiger partial charge is 0.376 e. The fourth-order valence-corrected chi connectivity index (χ4v) is 2.65. The minimum absolute atomic E-state index is 0.0419. The predicted molar refractivity (Wildman–Crippen MR) is 74.2 cm³/mol. The van der Waals surface area contributed by atoms with Gasteiger partial charge in [0, 0.05) is 18.2 Å². The molecule has 1 aromatic heterocycles. The molecule has 100 valence electrons. The van der Waals surface area contributed by atoms with Crippen molar-refractivity contribution in [2.24, 2.45) is 0 Å². The Morgan fingerprint density at radius 1 is 1.47 bits per heavy atom. The number of carbonyl (C=O) groups excluding carboxylic acids is 1. The molecular weight excluding hydrogens is 240 g/mol. The van der Waals surface area contributed by atoms with E-state index in [1.807, 2.05) is 37.4 Å². The van der Waals surface area contributed by atoms with E-state index in [1.165, 1.54) is 0 Å². The van der Waals surface area contributed by atoms with Crippen LogP contribution < -0.4 is 5.32 Å². The molecular formula is C15H18N2O2. The lowest BCUT2D eigenvalue weighted by molar-refractivity contribution is 0.0713. The monoisotopic (exact) mass is 258 g/mol. The van der Waals surface area contributed by atoms with Crippen LogP contribution in [0.3, 0.4) is 0 Å². The van der Waals surface area contributed by atoms with Gasteiger partial charge in [-0.15, -0.1) is 0 Å². The molecule has 1 aliphatic rings. The molecule has 0 aliphatic carbocycles. The first-order valence-corrected chi connectivity index (χ1v) is 6.74. The van der Waals surface area contributed by atoms with Crippen molar-refractivity contribution in [1.82, 2.24) is 10.3 Å². The molecule has 0 spiro atoms. The van der Waals surface area contributed by atoms with E-state index in [2.05, 4.69) is 10.3 Å². The lowest BCUT2D eigenvalue weighted by atomic mass is 10.1. The van der Waals surface area contributed by atoms with E-state index in [0.29, 0.717) is 5.56 Å². The van der Waals surface area contributed by atoms with Crippen LogP contribution in [0.25, 0.3) is 10.9 Å². The minimum atomic E-state index is -0.0453. The highest BCUT2D eigenvalue weighted by Crippen LogP contribution is 2.19. The number of benzene rings is 1. The average Bonchev–Trinajstić information content (AvgIpc) is 3.08. The fraction of sp³-hybridized carbons (Fsp3) is 0.400. The number of ether oxygens (including phenoxy) is 1. The maximum Gasteiger partial charge on any atom is 0.253 e. The van der Waals surface area contributed by atoms with Crippen molar-refractivity contribution in [3.05, 3.63) is 36.0 Å². The Balaban J connectivity index is 1.78. The molecule has 4 heteroatoms. The molecule has 4 nitrogen and oxygen atoms in total. The van der Waals surface area contributed by atoms with Crippen molar-refractivity contribution >= 4 is 16.8 Å². The molecule has 0 radical (unpaired) electrons. The van der Waals surface area contributed by atoms with Crippen LogP contribution in [0.15, 0.2) is 30.5 Å². The summed E-state index contributed by atoms with van der Waals surface area (Å²) in [5, 5.41) is 4.09. The standard InChI is InChI=1S/C15H18N2O2/c1-10(13-6-3-9-19-13)17-15(18)12-5-2-4-11-7-8-16-14(11)12/h2,4-5,7-8,10,13,16H,3,6,9H2,1H3,(H,17,18). The number of hydrogen-bond donors (Lipinski definition) is 2. The van der Waals surface area contributed by atoms with Crippen molar-refractivity contribution in [3.8, 4) is 0 Å². The molecule has 2 heterocycles. The van der Waals surface area contributed by atoms with Crippen molar-refractivity contribution < 1.29 is 9.53 Å². The van der Waals surface area contributed by atoms with Crippen LogP contribution in [-0.4, -0.2) is 29.6 Å². The van der Waals surface area contributed by atoms with Gasteiger partial charge in [-0.3, -0.25) is 4.79 Å². The molecule has 1 aromatic carbocycles. The second kappa shape index (κ2) is 5.05. The maximum atomic E-state index is 12.3. The third kappa shape index (κ3) is 2.36. The van der Waals surface area contributed by atoms with Crippen molar-refractivity contribution in [2.45, 2.75) is 31.9 Å². The highest BCUT2D eigenvalue weighted by Gasteiger charge is 2.24. The Labute approximate surface area is 112 Å². The maximum absolute atomic E-state index is 12.3. The summed E-state index contributed by atoms with van der Waals surface area (Å²) in [5.74, 6) is -0.0453. The Morgan fingerprint density at radius 2 is 2.37 bits per heavy atom. The van der Waals surface area contributed by atoms with Crippen LogP contribution in [0.1, 0.15) is 30.1 Å². The summed E-state index contributed by atoms with van der Waals surface area (Å²) in [6.45, 7) is 2.81. The van der Waals surface area contributed by atoms with E-state index in [4.69, 9.17) is 4.74 Å². The van der Waals surface area contributed by atoms with Crippen LogP contribution in [0, 0.1) is 0 Å². The molecule has 1 amide bonds. The van der Waals surface area contributed by atoms with Crippen LogP contribution in [0.5, 0.6) is 0 Å². The van der Waals surface area contributed by atoms with Gasteiger partial charge in [0.25, 0.3) is 5.91 Å². The zero-order valence-corrected chi connectivity index (χ0v) is 11.0. The van der Waals surface area contributed by atoms with E-state index >= 15 is 0 Å². The molecule has 3 rings (SSSR count). The zero-order valence-electron chi connectivity index (χ0n) is 11.0.